The first kappa shape index (κ1) is 9.47. The SMILES string of the molecule is Cc1cc(Oc2ccnc(NN)c2)n[nH]1. The zero-order valence-electron chi connectivity index (χ0n) is 8.19. The molecule has 0 aliphatic heterocycles. The molecule has 6 nitrogen and oxygen atoms in total. The molecule has 0 atom stereocenters. The molecule has 0 saturated heterocycles. The summed E-state index contributed by atoms with van der Waals surface area (Å²) in [5.74, 6) is 6.91. The molecule has 0 aliphatic rings. The lowest BCUT2D eigenvalue weighted by molar-refractivity contribution is 0.461. The number of ether oxygens (including phenoxy) is 1. The molecule has 2 aromatic heterocycles. The lowest BCUT2D eigenvalue weighted by Crippen LogP contribution is -2.08. The zero-order chi connectivity index (χ0) is 10.7. The minimum atomic E-state index is 0.515. The average Bonchev–Trinajstić information content (AvgIpc) is 2.64. The predicted octanol–water partition coefficient (Wildman–Crippen LogP) is 1.19. The number of nitrogens with one attached hydrogen (secondary N) is 2. The van der Waals surface area contributed by atoms with E-state index in [2.05, 4.69) is 20.6 Å². The Labute approximate surface area is 86.4 Å². The van der Waals surface area contributed by atoms with Crippen LogP contribution in [0.25, 0.3) is 0 Å². The molecule has 0 fully saturated rings. The van der Waals surface area contributed by atoms with Crippen LogP contribution < -0.4 is 16.0 Å². The van der Waals surface area contributed by atoms with Crippen LogP contribution in [0.3, 0.4) is 0 Å². The maximum atomic E-state index is 5.46. The Balaban J connectivity index is 2.16. The van der Waals surface area contributed by atoms with Gasteiger partial charge in [-0.2, -0.15) is 0 Å². The van der Waals surface area contributed by atoms with E-state index >= 15 is 0 Å². The molecule has 0 aromatic carbocycles. The molecule has 0 amide bonds. The number of aromatic amines is 1. The topological polar surface area (TPSA) is 88.8 Å². The number of nitrogen functional groups attached to an aromatic ring is 1. The van der Waals surface area contributed by atoms with Crippen molar-refractivity contribution in [2.24, 2.45) is 5.84 Å². The van der Waals surface area contributed by atoms with E-state index in [-0.39, 0.29) is 0 Å². The Morgan fingerprint density at radius 2 is 2.33 bits per heavy atom. The van der Waals surface area contributed by atoms with Gasteiger partial charge in [0.05, 0.1) is 0 Å². The van der Waals surface area contributed by atoms with E-state index in [1.54, 1.807) is 24.4 Å². The van der Waals surface area contributed by atoms with Crippen LogP contribution in [0.4, 0.5) is 5.82 Å². The van der Waals surface area contributed by atoms with Gasteiger partial charge in [0.1, 0.15) is 11.6 Å². The fraction of sp³-hybridized carbons (Fsp3) is 0.111. The van der Waals surface area contributed by atoms with Crippen LogP contribution in [-0.2, 0) is 0 Å². The number of aromatic nitrogens is 3. The molecular weight excluding hydrogens is 194 g/mol. The van der Waals surface area contributed by atoms with Gasteiger partial charge >= 0.3 is 0 Å². The summed E-state index contributed by atoms with van der Waals surface area (Å²) in [7, 11) is 0. The highest BCUT2D eigenvalue weighted by Crippen LogP contribution is 2.20. The van der Waals surface area contributed by atoms with Crippen molar-refractivity contribution in [2.75, 3.05) is 5.43 Å². The van der Waals surface area contributed by atoms with Gasteiger partial charge in [-0.05, 0) is 13.0 Å². The number of aryl methyl sites for hydroxylation is 1. The third-order valence-corrected chi connectivity index (χ3v) is 1.78. The molecule has 2 heterocycles. The second-order valence-electron chi connectivity index (χ2n) is 3.01. The fourth-order valence-electron chi connectivity index (χ4n) is 1.12. The number of anilines is 1. The number of rotatable bonds is 3. The normalized spacial score (nSPS) is 10.0. The Morgan fingerprint density at radius 3 is 3.00 bits per heavy atom. The molecule has 4 N–H and O–H groups in total. The van der Waals surface area contributed by atoms with Crippen LogP contribution in [0.1, 0.15) is 5.69 Å². The van der Waals surface area contributed by atoms with E-state index in [9.17, 15) is 0 Å². The van der Waals surface area contributed by atoms with Crippen LogP contribution in [0, 0.1) is 6.92 Å². The Kier molecular flexibility index (Phi) is 2.51. The Bertz CT molecular complexity index is 453. The highest BCUT2D eigenvalue weighted by Gasteiger charge is 2.01. The number of pyridine rings is 1. The molecule has 0 unspecified atom stereocenters. The second kappa shape index (κ2) is 3.97. The van der Waals surface area contributed by atoms with Gasteiger partial charge in [-0.15, -0.1) is 5.10 Å². The molecular formula is C9H11N5O. The van der Waals surface area contributed by atoms with Crippen molar-refractivity contribution in [1.29, 1.82) is 0 Å². The van der Waals surface area contributed by atoms with E-state index in [1.807, 2.05) is 6.92 Å². The molecule has 0 saturated carbocycles. The number of hydrogen-bond acceptors (Lipinski definition) is 5. The van der Waals surface area contributed by atoms with Crippen LogP contribution in [0.5, 0.6) is 11.6 Å². The summed E-state index contributed by atoms with van der Waals surface area (Å²) in [6.45, 7) is 1.90. The maximum Gasteiger partial charge on any atom is 0.238 e. The van der Waals surface area contributed by atoms with Gasteiger partial charge in [-0.3, -0.25) is 5.10 Å². The Morgan fingerprint density at radius 1 is 1.47 bits per heavy atom. The first-order chi connectivity index (χ1) is 7.28. The van der Waals surface area contributed by atoms with Crippen molar-refractivity contribution < 1.29 is 4.74 Å². The highest BCUT2D eigenvalue weighted by atomic mass is 16.5. The van der Waals surface area contributed by atoms with Gasteiger partial charge in [0.2, 0.25) is 5.88 Å². The van der Waals surface area contributed by atoms with Crippen molar-refractivity contribution in [2.45, 2.75) is 6.92 Å². The molecule has 15 heavy (non-hydrogen) atoms. The van der Waals surface area contributed by atoms with Crippen molar-refractivity contribution in [3.8, 4) is 11.6 Å². The minimum absolute atomic E-state index is 0.515. The molecule has 2 rings (SSSR count). The molecule has 78 valence electrons. The van der Waals surface area contributed by atoms with Crippen LogP contribution in [-0.4, -0.2) is 15.2 Å². The maximum absolute atomic E-state index is 5.46. The van der Waals surface area contributed by atoms with E-state index < -0.39 is 0 Å². The van der Waals surface area contributed by atoms with Crippen molar-refractivity contribution in [1.82, 2.24) is 15.2 Å². The van der Waals surface area contributed by atoms with Gasteiger partial charge in [-0.1, -0.05) is 0 Å². The van der Waals surface area contributed by atoms with E-state index in [1.165, 1.54) is 0 Å². The number of nitrogens with zero attached hydrogens (tertiary/aromatic N) is 2. The smallest absolute Gasteiger partial charge is 0.238 e. The van der Waals surface area contributed by atoms with Crippen molar-refractivity contribution >= 4 is 5.82 Å². The molecule has 0 aliphatic carbocycles. The number of hydrogen-bond donors (Lipinski definition) is 3. The van der Waals surface area contributed by atoms with E-state index in [0.29, 0.717) is 17.4 Å². The van der Waals surface area contributed by atoms with Gasteiger partial charge < -0.3 is 10.2 Å². The summed E-state index contributed by atoms with van der Waals surface area (Å²) in [5.41, 5.74) is 3.38. The highest BCUT2D eigenvalue weighted by molar-refractivity contribution is 5.40. The van der Waals surface area contributed by atoms with E-state index in [0.717, 1.165) is 5.69 Å². The second-order valence-corrected chi connectivity index (χ2v) is 3.01. The van der Waals surface area contributed by atoms with Crippen molar-refractivity contribution in [3.63, 3.8) is 0 Å². The third kappa shape index (κ3) is 2.23. The average molecular weight is 205 g/mol. The molecule has 6 heteroatoms. The molecule has 0 bridgehead atoms. The number of nitrogens with two attached hydrogens (primary N) is 1. The summed E-state index contributed by atoms with van der Waals surface area (Å²) in [5, 5.41) is 6.73. The van der Waals surface area contributed by atoms with Crippen LogP contribution >= 0.6 is 0 Å². The first-order valence-electron chi connectivity index (χ1n) is 4.40. The molecule has 0 radical (unpaired) electrons. The van der Waals surface area contributed by atoms with Crippen LogP contribution in [0.15, 0.2) is 24.4 Å². The molecule has 2 aromatic rings. The lowest BCUT2D eigenvalue weighted by Gasteiger charge is -2.03. The quantitative estimate of drug-likeness (QED) is 0.517. The van der Waals surface area contributed by atoms with Gasteiger partial charge in [0.15, 0.2) is 0 Å². The summed E-state index contributed by atoms with van der Waals surface area (Å²) >= 11 is 0. The summed E-state index contributed by atoms with van der Waals surface area (Å²) < 4.78 is 5.46. The van der Waals surface area contributed by atoms with E-state index in [4.69, 9.17) is 10.6 Å². The minimum Gasteiger partial charge on any atom is -0.437 e. The largest absolute Gasteiger partial charge is 0.437 e. The van der Waals surface area contributed by atoms with Crippen LogP contribution in [0.2, 0.25) is 0 Å². The summed E-state index contributed by atoms with van der Waals surface area (Å²) in [4.78, 5) is 3.96. The first-order valence-corrected chi connectivity index (χ1v) is 4.40. The molecule has 0 spiro atoms. The third-order valence-electron chi connectivity index (χ3n) is 1.78. The lowest BCUT2D eigenvalue weighted by atomic mass is 10.4. The predicted molar refractivity (Wildman–Crippen MR) is 55.4 cm³/mol. The number of hydrazine groups is 1. The van der Waals surface area contributed by atoms with Gasteiger partial charge in [-0.25, -0.2) is 10.8 Å². The summed E-state index contributed by atoms with van der Waals surface area (Å²) in [6.07, 6.45) is 1.60. The summed E-state index contributed by atoms with van der Waals surface area (Å²) in [6, 6.07) is 5.21. The van der Waals surface area contributed by atoms with Gasteiger partial charge in [0.25, 0.3) is 0 Å². The monoisotopic (exact) mass is 205 g/mol. The zero-order valence-corrected chi connectivity index (χ0v) is 8.19. The Hall–Kier alpha value is -2.08. The van der Waals surface area contributed by atoms with Gasteiger partial charge in [0, 0.05) is 24.0 Å². The van der Waals surface area contributed by atoms with Crippen molar-refractivity contribution in [3.05, 3.63) is 30.1 Å². The standard InChI is InChI=1S/C9H11N5O/c1-6-4-9(14-13-6)15-7-2-3-11-8(5-7)12-10/h2-5H,10H2,1H3,(H,11,12)(H,13,14). The fourth-order valence-corrected chi connectivity index (χ4v) is 1.12. The number of H-pyrrole nitrogens is 1.